The molecule has 2 heterocycles. The van der Waals surface area contributed by atoms with Gasteiger partial charge in [-0.1, -0.05) is 29.8 Å². The Balaban J connectivity index is 1.82. The molecule has 3 aromatic rings. The fourth-order valence-electron chi connectivity index (χ4n) is 2.14. The number of benzene rings is 1. The summed E-state index contributed by atoms with van der Waals surface area (Å²) < 4.78 is 1.40. The number of nitrogens with one attached hydrogen (secondary N) is 2. The van der Waals surface area contributed by atoms with Gasteiger partial charge in [0.1, 0.15) is 5.52 Å². The van der Waals surface area contributed by atoms with E-state index in [2.05, 4.69) is 15.4 Å². The summed E-state index contributed by atoms with van der Waals surface area (Å²) in [5.74, 6) is -0.360. The molecule has 0 aliphatic heterocycles. The Bertz CT molecular complexity index is 913. The maximum Gasteiger partial charge on any atom is 0.274 e. The van der Waals surface area contributed by atoms with Crippen molar-refractivity contribution in [2.45, 2.75) is 13.5 Å². The van der Waals surface area contributed by atoms with Crippen LogP contribution in [0.5, 0.6) is 0 Å². The molecule has 0 aliphatic rings. The normalized spacial score (nSPS) is 10.8. The average Bonchev–Trinajstić information content (AvgIpc) is 2.90. The number of nitrogens with zero attached hydrogens (tertiary/aromatic N) is 2. The van der Waals surface area contributed by atoms with Crippen LogP contribution in [0.2, 0.25) is 5.02 Å². The molecule has 112 valence electrons. The van der Waals surface area contributed by atoms with Crippen LogP contribution in [0.3, 0.4) is 0 Å². The third-order valence-corrected chi connectivity index (χ3v) is 3.59. The first-order valence-electron chi connectivity index (χ1n) is 6.65. The molecule has 0 fully saturated rings. The Labute approximate surface area is 130 Å². The summed E-state index contributed by atoms with van der Waals surface area (Å²) in [7, 11) is 0. The minimum Gasteiger partial charge on any atom is -0.347 e. The lowest BCUT2D eigenvalue weighted by Gasteiger charge is -2.04. The van der Waals surface area contributed by atoms with Crippen molar-refractivity contribution in [1.82, 2.24) is 19.9 Å². The lowest BCUT2D eigenvalue weighted by molar-refractivity contribution is 0.0945. The number of halogens is 1. The number of amides is 1. The largest absolute Gasteiger partial charge is 0.347 e. The lowest BCUT2D eigenvalue weighted by Crippen LogP contribution is -2.23. The molecule has 0 saturated heterocycles. The Morgan fingerprint density at radius 3 is 2.95 bits per heavy atom. The number of hydrogen-bond acceptors (Lipinski definition) is 3. The van der Waals surface area contributed by atoms with Crippen molar-refractivity contribution < 1.29 is 4.79 Å². The molecule has 7 heteroatoms. The number of aromatic nitrogens is 3. The standard InChI is InChI=1S/C15H13ClN4O2/c1-9-8-20-13(15(22)18-9)6-12(19-20)14(21)17-7-10-4-2-3-5-11(10)16/h2-6,8H,7H2,1H3,(H,17,21)(H,18,22). The topological polar surface area (TPSA) is 79.3 Å². The molecule has 0 unspecified atom stereocenters. The van der Waals surface area contributed by atoms with Crippen molar-refractivity contribution in [1.29, 1.82) is 0 Å². The molecule has 0 spiro atoms. The minimum absolute atomic E-state index is 0.183. The number of carbonyl (C=O) groups excluding carboxylic acids is 1. The van der Waals surface area contributed by atoms with Gasteiger partial charge in [-0.15, -0.1) is 0 Å². The molecule has 0 saturated carbocycles. The average molecular weight is 317 g/mol. The molecule has 22 heavy (non-hydrogen) atoms. The molecule has 1 aromatic carbocycles. The highest BCUT2D eigenvalue weighted by Gasteiger charge is 2.13. The number of carbonyl (C=O) groups is 1. The third kappa shape index (κ3) is 2.73. The molecule has 2 N–H and O–H groups in total. The van der Waals surface area contributed by atoms with Crippen LogP contribution in [0.15, 0.2) is 41.3 Å². The van der Waals surface area contributed by atoms with Gasteiger partial charge < -0.3 is 10.3 Å². The Morgan fingerprint density at radius 2 is 2.18 bits per heavy atom. The van der Waals surface area contributed by atoms with Crippen molar-refractivity contribution in [3.8, 4) is 0 Å². The van der Waals surface area contributed by atoms with Crippen LogP contribution >= 0.6 is 11.6 Å². The molecule has 2 aromatic heterocycles. The van der Waals surface area contributed by atoms with Gasteiger partial charge in [-0.2, -0.15) is 5.10 Å². The van der Waals surface area contributed by atoms with Crippen LogP contribution in [-0.4, -0.2) is 20.5 Å². The second-order valence-corrected chi connectivity index (χ2v) is 5.31. The second-order valence-electron chi connectivity index (χ2n) is 4.90. The van der Waals surface area contributed by atoms with Crippen molar-refractivity contribution >= 4 is 23.0 Å². The number of hydrogen-bond donors (Lipinski definition) is 2. The zero-order valence-electron chi connectivity index (χ0n) is 11.8. The summed E-state index contributed by atoms with van der Waals surface area (Å²) in [6.07, 6.45) is 1.65. The summed E-state index contributed by atoms with van der Waals surface area (Å²) >= 11 is 6.04. The van der Waals surface area contributed by atoms with E-state index >= 15 is 0 Å². The van der Waals surface area contributed by atoms with Gasteiger partial charge in [0.15, 0.2) is 5.69 Å². The van der Waals surface area contributed by atoms with Gasteiger partial charge in [-0.05, 0) is 18.6 Å². The fraction of sp³-hybridized carbons (Fsp3) is 0.133. The Kier molecular flexibility index (Phi) is 3.68. The zero-order chi connectivity index (χ0) is 15.7. The van der Waals surface area contributed by atoms with Gasteiger partial charge >= 0.3 is 0 Å². The van der Waals surface area contributed by atoms with Gasteiger partial charge in [0.05, 0.1) is 0 Å². The highest BCUT2D eigenvalue weighted by Crippen LogP contribution is 2.14. The Morgan fingerprint density at radius 1 is 1.41 bits per heavy atom. The van der Waals surface area contributed by atoms with E-state index in [4.69, 9.17) is 11.6 Å². The molecular weight excluding hydrogens is 304 g/mol. The SMILES string of the molecule is Cc1cn2nc(C(=O)NCc3ccccc3Cl)cc2c(=O)[nH]1. The van der Waals surface area contributed by atoms with Crippen LogP contribution in [-0.2, 0) is 6.54 Å². The smallest absolute Gasteiger partial charge is 0.274 e. The van der Waals surface area contributed by atoms with Crippen molar-refractivity contribution in [2.24, 2.45) is 0 Å². The fourth-order valence-corrected chi connectivity index (χ4v) is 2.34. The van der Waals surface area contributed by atoms with Gasteiger partial charge in [-0.25, -0.2) is 4.52 Å². The molecule has 0 bridgehead atoms. The van der Waals surface area contributed by atoms with Crippen LogP contribution in [0.25, 0.3) is 5.52 Å². The quantitative estimate of drug-likeness (QED) is 0.774. The first-order chi connectivity index (χ1) is 10.5. The predicted octanol–water partition coefficient (Wildman–Crippen LogP) is 1.91. The first-order valence-corrected chi connectivity index (χ1v) is 7.03. The van der Waals surface area contributed by atoms with Crippen LogP contribution in [0.1, 0.15) is 21.7 Å². The van der Waals surface area contributed by atoms with E-state index in [9.17, 15) is 9.59 Å². The van der Waals surface area contributed by atoms with E-state index in [0.29, 0.717) is 22.8 Å². The van der Waals surface area contributed by atoms with E-state index < -0.39 is 0 Å². The Hall–Kier alpha value is -2.60. The van der Waals surface area contributed by atoms with Crippen molar-refractivity contribution in [3.63, 3.8) is 0 Å². The zero-order valence-corrected chi connectivity index (χ0v) is 12.5. The van der Waals surface area contributed by atoms with Crippen LogP contribution in [0, 0.1) is 6.92 Å². The highest BCUT2D eigenvalue weighted by atomic mass is 35.5. The van der Waals surface area contributed by atoms with E-state index in [0.717, 1.165) is 5.56 Å². The van der Waals surface area contributed by atoms with Gasteiger partial charge in [0, 0.05) is 29.5 Å². The van der Waals surface area contributed by atoms with Gasteiger partial charge in [0.2, 0.25) is 0 Å². The van der Waals surface area contributed by atoms with Crippen molar-refractivity contribution in [2.75, 3.05) is 0 Å². The predicted molar refractivity (Wildman–Crippen MR) is 83.2 cm³/mol. The van der Waals surface area contributed by atoms with Crippen LogP contribution in [0.4, 0.5) is 0 Å². The second kappa shape index (κ2) is 5.65. The number of aromatic amines is 1. The maximum atomic E-state index is 12.2. The molecule has 0 atom stereocenters. The summed E-state index contributed by atoms with van der Waals surface area (Å²) in [6, 6.07) is 8.72. The van der Waals surface area contributed by atoms with Gasteiger partial charge in [0.25, 0.3) is 11.5 Å². The van der Waals surface area contributed by atoms with Crippen LogP contribution < -0.4 is 10.9 Å². The molecular formula is C15H13ClN4O2. The highest BCUT2D eigenvalue weighted by molar-refractivity contribution is 6.31. The van der Waals surface area contributed by atoms with Crippen molar-refractivity contribution in [3.05, 3.63) is 68.9 Å². The monoisotopic (exact) mass is 316 g/mol. The molecule has 0 aliphatic carbocycles. The number of aryl methyl sites for hydroxylation is 1. The van der Waals surface area contributed by atoms with E-state index in [1.807, 2.05) is 18.2 Å². The number of rotatable bonds is 3. The molecule has 6 nitrogen and oxygen atoms in total. The lowest BCUT2D eigenvalue weighted by atomic mass is 10.2. The summed E-state index contributed by atoms with van der Waals surface area (Å²) in [5, 5.41) is 7.45. The van der Waals surface area contributed by atoms with E-state index in [-0.39, 0.29) is 17.2 Å². The summed E-state index contributed by atoms with van der Waals surface area (Å²) in [5.41, 5.74) is 1.72. The number of fused-ring (bicyclic) bond motifs is 1. The maximum absolute atomic E-state index is 12.2. The van der Waals surface area contributed by atoms with E-state index in [1.165, 1.54) is 10.6 Å². The molecule has 1 amide bonds. The molecule has 3 rings (SSSR count). The van der Waals surface area contributed by atoms with Gasteiger partial charge in [-0.3, -0.25) is 9.59 Å². The minimum atomic E-state index is -0.360. The summed E-state index contributed by atoms with van der Waals surface area (Å²) in [4.78, 5) is 26.6. The third-order valence-electron chi connectivity index (χ3n) is 3.22. The number of H-pyrrole nitrogens is 1. The first kappa shape index (κ1) is 14.3. The molecule has 0 radical (unpaired) electrons. The van der Waals surface area contributed by atoms with E-state index in [1.54, 1.807) is 19.2 Å². The summed E-state index contributed by atoms with van der Waals surface area (Å²) in [6.45, 7) is 2.04.